The average molecular weight is 214 g/mol. The summed E-state index contributed by atoms with van der Waals surface area (Å²) in [6, 6.07) is 0. The quantitative estimate of drug-likeness (QED) is 0.626. The lowest BCUT2D eigenvalue weighted by molar-refractivity contribution is 0.0167. The standard InChI is InChI=1S/C12H26N2O/c1-3-8-13-9-10-14(2)11-12(15)6-4-5-7-12/h13,15H,3-11H2,1-2H3. The average Bonchev–Trinajstić information content (AvgIpc) is 2.59. The largest absolute Gasteiger partial charge is 0.389 e. The Labute approximate surface area is 93.9 Å². The predicted molar refractivity (Wildman–Crippen MR) is 64.1 cm³/mol. The van der Waals surface area contributed by atoms with Crippen LogP contribution < -0.4 is 5.32 Å². The second-order valence-corrected chi connectivity index (χ2v) is 4.92. The van der Waals surface area contributed by atoms with E-state index in [2.05, 4.69) is 24.2 Å². The third kappa shape index (κ3) is 4.96. The minimum absolute atomic E-state index is 0.389. The lowest BCUT2D eigenvalue weighted by Gasteiger charge is -2.28. The molecule has 0 atom stereocenters. The normalized spacial score (nSPS) is 20.0. The molecule has 0 aromatic rings. The molecule has 15 heavy (non-hydrogen) atoms. The number of likely N-dealkylation sites (N-methyl/N-ethyl adjacent to an activating group) is 1. The van der Waals surface area contributed by atoms with Gasteiger partial charge in [0.05, 0.1) is 5.60 Å². The summed E-state index contributed by atoms with van der Waals surface area (Å²) in [5.41, 5.74) is -0.389. The van der Waals surface area contributed by atoms with E-state index in [0.29, 0.717) is 0 Å². The van der Waals surface area contributed by atoms with Crippen molar-refractivity contribution in [2.24, 2.45) is 0 Å². The predicted octanol–water partition coefficient (Wildman–Crippen LogP) is 1.22. The van der Waals surface area contributed by atoms with Crippen LogP contribution in [0.5, 0.6) is 0 Å². The summed E-state index contributed by atoms with van der Waals surface area (Å²) >= 11 is 0. The van der Waals surface area contributed by atoms with Crippen molar-refractivity contribution in [2.45, 2.75) is 44.6 Å². The molecule has 1 saturated carbocycles. The van der Waals surface area contributed by atoms with Crippen LogP contribution in [0.15, 0.2) is 0 Å². The van der Waals surface area contributed by atoms with Gasteiger partial charge in [-0.25, -0.2) is 0 Å². The van der Waals surface area contributed by atoms with E-state index in [1.165, 1.54) is 19.3 Å². The van der Waals surface area contributed by atoms with Gasteiger partial charge in [0, 0.05) is 19.6 Å². The molecule has 0 aromatic carbocycles. The molecule has 3 nitrogen and oxygen atoms in total. The lowest BCUT2D eigenvalue weighted by Crippen LogP contribution is -2.41. The first kappa shape index (κ1) is 12.9. The van der Waals surface area contributed by atoms with Crippen LogP contribution in [0.3, 0.4) is 0 Å². The summed E-state index contributed by atoms with van der Waals surface area (Å²) in [4.78, 5) is 2.24. The highest BCUT2D eigenvalue weighted by molar-refractivity contribution is 4.86. The van der Waals surface area contributed by atoms with Crippen LogP contribution in [0, 0.1) is 0 Å². The van der Waals surface area contributed by atoms with E-state index in [0.717, 1.165) is 39.0 Å². The second kappa shape index (κ2) is 6.46. The van der Waals surface area contributed by atoms with Gasteiger partial charge in [0.25, 0.3) is 0 Å². The van der Waals surface area contributed by atoms with Gasteiger partial charge in [0.2, 0.25) is 0 Å². The van der Waals surface area contributed by atoms with E-state index >= 15 is 0 Å². The maximum absolute atomic E-state index is 10.2. The maximum atomic E-state index is 10.2. The fourth-order valence-electron chi connectivity index (χ4n) is 2.34. The number of nitrogens with zero attached hydrogens (tertiary/aromatic N) is 1. The molecule has 1 aliphatic carbocycles. The Kier molecular flexibility index (Phi) is 5.58. The zero-order chi connectivity index (χ0) is 11.1. The number of hydrogen-bond acceptors (Lipinski definition) is 3. The van der Waals surface area contributed by atoms with E-state index in [-0.39, 0.29) is 5.60 Å². The molecule has 1 rings (SSSR count). The molecule has 0 aliphatic heterocycles. The Morgan fingerprint density at radius 1 is 1.27 bits per heavy atom. The van der Waals surface area contributed by atoms with Crippen LogP contribution in [0.1, 0.15) is 39.0 Å². The summed E-state index contributed by atoms with van der Waals surface area (Å²) in [5, 5.41) is 13.6. The zero-order valence-corrected chi connectivity index (χ0v) is 10.3. The van der Waals surface area contributed by atoms with Crippen molar-refractivity contribution < 1.29 is 5.11 Å². The molecule has 0 spiro atoms. The first-order valence-corrected chi connectivity index (χ1v) is 6.28. The van der Waals surface area contributed by atoms with Crippen LogP contribution in [0.25, 0.3) is 0 Å². The van der Waals surface area contributed by atoms with Crippen molar-refractivity contribution in [1.82, 2.24) is 10.2 Å². The Morgan fingerprint density at radius 3 is 2.53 bits per heavy atom. The zero-order valence-electron chi connectivity index (χ0n) is 10.3. The lowest BCUT2D eigenvalue weighted by atomic mass is 10.0. The third-order valence-corrected chi connectivity index (χ3v) is 3.20. The molecular weight excluding hydrogens is 188 g/mol. The van der Waals surface area contributed by atoms with Crippen LogP contribution in [0.4, 0.5) is 0 Å². The van der Waals surface area contributed by atoms with Crippen LogP contribution in [0.2, 0.25) is 0 Å². The highest BCUT2D eigenvalue weighted by Gasteiger charge is 2.31. The molecule has 0 aromatic heterocycles. The summed E-state index contributed by atoms with van der Waals surface area (Å²) in [6.45, 7) is 6.17. The fraction of sp³-hybridized carbons (Fsp3) is 1.00. The van der Waals surface area contributed by atoms with Crippen molar-refractivity contribution in [3.05, 3.63) is 0 Å². The summed E-state index contributed by atoms with van der Waals surface area (Å²) in [7, 11) is 2.10. The van der Waals surface area contributed by atoms with E-state index in [1.54, 1.807) is 0 Å². The number of rotatable bonds is 7. The molecule has 2 N–H and O–H groups in total. The summed E-state index contributed by atoms with van der Waals surface area (Å²) < 4.78 is 0. The molecule has 0 heterocycles. The molecule has 0 bridgehead atoms. The molecular formula is C12H26N2O. The van der Waals surface area contributed by atoms with Crippen LogP contribution in [-0.2, 0) is 0 Å². The molecule has 0 unspecified atom stereocenters. The van der Waals surface area contributed by atoms with Gasteiger partial charge in [-0.15, -0.1) is 0 Å². The number of aliphatic hydroxyl groups is 1. The Bertz CT molecular complexity index is 167. The van der Waals surface area contributed by atoms with E-state index < -0.39 is 0 Å². The molecule has 3 heteroatoms. The SMILES string of the molecule is CCCNCCN(C)CC1(O)CCCC1. The molecule has 90 valence electrons. The third-order valence-electron chi connectivity index (χ3n) is 3.20. The smallest absolute Gasteiger partial charge is 0.0774 e. The molecule has 0 radical (unpaired) electrons. The molecule has 0 amide bonds. The Morgan fingerprint density at radius 2 is 1.93 bits per heavy atom. The number of hydrogen-bond donors (Lipinski definition) is 2. The fourth-order valence-corrected chi connectivity index (χ4v) is 2.34. The van der Waals surface area contributed by atoms with Gasteiger partial charge in [0.15, 0.2) is 0 Å². The maximum Gasteiger partial charge on any atom is 0.0774 e. The monoisotopic (exact) mass is 214 g/mol. The summed E-state index contributed by atoms with van der Waals surface area (Å²) in [5.74, 6) is 0. The van der Waals surface area contributed by atoms with Crippen molar-refractivity contribution in [1.29, 1.82) is 0 Å². The van der Waals surface area contributed by atoms with Crippen molar-refractivity contribution >= 4 is 0 Å². The Hall–Kier alpha value is -0.120. The minimum atomic E-state index is -0.389. The van der Waals surface area contributed by atoms with Crippen molar-refractivity contribution in [3.8, 4) is 0 Å². The van der Waals surface area contributed by atoms with Gasteiger partial charge in [0.1, 0.15) is 0 Å². The first-order valence-electron chi connectivity index (χ1n) is 6.28. The van der Waals surface area contributed by atoms with Crippen molar-refractivity contribution in [2.75, 3.05) is 33.2 Å². The van der Waals surface area contributed by atoms with E-state index in [4.69, 9.17) is 0 Å². The van der Waals surface area contributed by atoms with Gasteiger partial charge in [-0.05, 0) is 32.9 Å². The van der Waals surface area contributed by atoms with Gasteiger partial charge in [-0.2, -0.15) is 0 Å². The van der Waals surface area contributed by atoms with Gasteiger partial charge >= 0.3 is 0 Å². The van der Waals surface area contributed by atoms with Crippen molar-refractivity contribution in [3.63, 3.8) is 0 Å². The first-order chi connectivity index (χ1) is 7.16. The van der Waals surface area contributed by atoms with Gasteiger partial charge in [-0.3, -0.25) is 0 Å². The van der Waals surface area contributed by atoms with Crippen LogP contribution in [-0.4, -0.2) is 48.8 Å². The molecule has 1 fully saturated rings. The topological polar surface area (TPSA) is 35.5 Å². The highest BCUT2D eigenvalue weighted by Crippen LogP contribution is 2.29. The van der Waals surface area contributed by atoms with E-state index in [1.807, 2.05) is 0 Å². The molecule has 1 aliphatic rings. The van der Waals surface area contributed by atoms with Crippen LogP contribution >= 0.6 is 0 Å². The summed E-state index contributed by atoms with van der Waals surface area (Å²) in [6.07, 6.45) is 5.55. The van der Waals surface area contributed by atoms with Gasteiger partial charge < -0.3 is 15.3 Å². The number of nitrogens with one attached hydrogen (secondary N) is 1. The molecule has 0 saturated heterocycles. The Balaban J connectivity index is 2.09. The highest BCUT2D eigenvalue weighted by atomic mass is 16.3. The minimum Gasteiger partial charge on any atom is -0.389 e. The van der Waals surface area contributed by atoms with E-state index in [9.17, 15) is 5.11 Å². The second-order valence-electron chi connectivity index (χ2n) is 4.92. The van der Waals surface area contributed by atoms with Gasteiger partial charge in [-0.1, -0.05) is 19.8 Å².